The molecule has 1 aromatic rings. The van der Waals surface area contributed by atoms with Crippen LogP contribution in [0.4, 0.5) is 0 Å². The van der Waals surface area contributed by atoms with E-state index in [2.05, 4.69) is 4.98 Å². The predicted molar refractivity (Wildman–Crippen MR) is 79.2 cm³/mol. The number of carbonyl (C=O) groups excluding carboxylic acids is 2. The molecule has 1 aliphatic heterocycles. The van der Waals surface area contributed by atoms with Crippen molar-refractivity contribution in [2.24, 2.45) is 16.9 Å². The Hall–Kier alpha value is -2.63. The van der Waals surface area contributed by atoms with Crippen molar-refractivity contribution in [3.63, 3.8) is 0 Å². The molecule has 6 heteroatoms. The first-order valence-electron chi connectivity index (χ1n) is 7.02. The Bertz CT molecular complexity index is 709. The average molecular weight is 299 g/mol. The predicted octanol–water partition coefficient (Wildman–Crippen LogP) is 0.756. The summed E-state index contributed by atoms with van der Waals surface area (Å²) in [6.45, 7) is 2.05. The highest BCUT2D eigenvalue weighted by molar-refractivity contribution is 5.96. The summed E-state index contributed by atoms with van der Waals surface area (Å²) in [7, 11) is 0. The molecule has 2 unspecified atom stereocenters. The molecule has 2 amide bonds. The number of amides is 2. The molecule has 3 rings (SSSR count). The molecule has 0 saturated heterocycles. The zero-order chi connectivity index (χ0) is 15.9. The topological polar surface area (TPSA) is 108 Å². The van der Waals surface area contributed by atoms with Gasteiger partial charge in [0, 0.05) is 17.3 Å². The van der Waals surface area contributed by atoms with Crippen LogP contribution >= 0.6 is 0 Å². The minimum atomic E-state index is -1.06. The first-order valence-corrected chi connectivity index (χ1v) is 7.02. The van der Waals surface area contributed by atoms with Crippen LogP contribution in [0.3, 0.4) is 0 Å². The Kier molecular flexibility index (Phi) is 3.24. The van der Waals surface area contributed by atoms with Crippen LogP contribution in [0, 0.1) is 5.41 Å². The van der Waals surface area contributed by atoms with Crippen molar-refractivity contribution >= 4 is 11.8 Å². The standard InChI is InChI=1S/C16H17N3O3/c1-16(15(18)21)7-9(14(17)20)6-10-11(8-22-13(10)16)12-4-2-3-5-19-12/h2-6,11H,7-8H2,1H3,(H2,17,20)(H2,18,21). The molecule has 22 heavy (non-hydrogen) atoms. The van der Waals surface area contributed by atoms with Crippen LogP contribution in [-0.4, -0.2) is 23.4 Å². The van der Waals surface area contributed by atoms with Crippen LogP contribution < -0.4 is 11.5 Å². The molecular formula is C16H17N3O3. The van der Waals surface area contributed by atoms with Crippen LogP contribution in [0.2, 0.25) is 0 Å². The number of aromatic nitrogens is 1. The maximum absolute atomic E-state index is 11.9. The van der Waals surface area contributed by atoms with Gasteiger partial charge in [-0.3, -0.25) is 14.6 Å². The second-order valence-electron chi connectivity index (χ2n) is 5.81. The van der Waals surface area contributed by atoms with E-state index in [0.717, 1.165) is 11.3 Å². The first-order chi connectivity index (χ1) is 10.4. The maximum atomic E-state index is 11.9. The van der Waals surface area contributed by atoms with Crippen molar-refractivity contribution in [1.82, 2.24) is 4.98 Å². The Balaban J connectivity index is 2.12. The zero-order valence-corrected chi connectivity index (χ0v) is 12.2. The number of ether oxygens (including phenoxy) is 1. The molecule has 0 saturated carbocycles. The lowest BCUT2D eigenvalue weighted by molar-refractivity contribution is -0.126. The molecule has 114 valence electrons. The van der Waals surface area contributed by atoms with Crippen molar-refractivity contribution < 1.29 is 14.3 Å². The lowest BCUT2D eigenvalue weighted by atomic mass is 9.73. The first kappa shape index (κ1) is 14.3. The third-order valence-electron chi connectivity index (χ3n) is 4.31. The second kappa shape index (κ2) is 4.98. The number of nitrogens with two attached hydrogens (primary N) is 2. The summed E-state index contributed by atoms with van der Waals surface area (Å²) in [6, 6.07) is 5.60. The molecule has 0 spiro atoms. The van der Waals surface area contributed by atoms with Crippen LogP contribution in [0.5, 0.6) is 0 Å². The van der Waals surface area contributed by atoms with Crippen molar-refractivity contribution in [3.8, 4) is 0 Å². The maximum Gasteiger partial charge on any atom is 0.244 e. The molecule has 4 N–H and O–H groups in total. The number of primary amides is 2. The third kappa shape index (κ3) is 2.07. The normalized spacial score (nSPS) is 27.0. The Morgan fingerprint density at radius 3 is 2.73 bits per heavy atom. The molecule has 1 aliphatic carbocycles. The molecule has 0 radical (unpaired) electrons. The van der Waals surface area contributed by atoms with E-state index < -0.39 is 17.2 Å². The highest BCUT2D eigenvalue weighted by Gasteiger charge is 2.47. The molecule has 0 aromatic carbocycles. The molecule has 2 aliphatic rings. The molecule has 1 aromatic heterocycles. The van der Waals surface area contributed by atoms with Gasteiger partial charge in [-0.1, -0.05) is 6.07 Å². The fraction of sp³-hybridized carbons (Fsp3) is 0.312. The van der Waals surface area contributed by atoms with Crippen molar-refractivity contribution in [3.05, 3.63) is 53.1 Å². The molecule has 0 bridgehead atoms. The van der Waals surface area contributed by atoms with E-state index in [4.69, 9.17) is 16.2 Å². The number of hydrogen-bond acceptors (Lipinski definition) is 4. The highest BCUT2D eigenvalue weighted by atomic mass is 16.5. The van der Waals surface area contributed by atoms with Gasteiger partial charge in [0.15, 0.2) is 0 Å². The summed E-state index contributed by atoms with van der Waals surface area (Å²) >= 11 is 0. The van der Waals surface area contributed by atoms with E-state index in [0.29, 0.717) is 17.9 Å². The zero-order valence-electron chi connectivity index (χ0n) is 12.2. The van der Waals surface area contributed by atoms with Gasteiger partial charge in [-0.2, -0.15) is 0 Å². The lowest BCUT2D eigenvalue weighted by Crippen LogP contribution is -2.40. The molecule has 2 atom stereocenters. The number of pyridine rings is 1. The molecule has 0 fully saturated rings. The van der Waals surface area contributed by atoms with E-state index in [1.807, 2.05) is 18.2 Å². The number of hydrogen-bond donors (Lipinski definition) is 2. The SMILES string of the molecule is CC1(C(N)=O)CC(C(N)=O)=CC2=C1OCC2c1ccccn1. The largest absolute Gasteiger partial charge is 0.495 e. The Labute approximate surface area is 127 Å². The fourth-order valence-electron chi connectivity index (χ4n) is 3.03. The van der Waals surface area contributed by atoms with E-state index in [1.54, 1.807) is 19.2 Å². The number of carbonyl (C=O) groups is 2. The average Bonchev–Trinajstić information content (AvgIpc) is 2.92. The highest BCUT2D eigenvalue weighted by Crippen LogP contribution is 2.48. The Morgan fingerprint density at radius 2 is 2.14 bits per heavy atom. The van der Waals surface area contributed by atoms with Crippen LogP contribution in [-0.2, 0) is 14.3 Å². The van der Waals surface area contributed by atoms with Gasteiger partial charge in [-0.25, -0.2) is 0 Å². The molecule has 2 heterocycles. The van der Waals surface area contributed by atoms with E-state index >= 15 is 0 Å². The summed E-state index contributed by atoms with van der Waals surface area (Å²) in [5, 5.41) is 0. The van der Waals surface area contributed by atoms with Gasteiger partial charge < -0.3 is 16.2 Å². The molecule has 6 nitrogen and oxygen atoms in total. The summed E-state index contributed by atoms with van der Waals surface area (Å²) in [5.74, 6) is -0.690. The van der Waals surface area contributed by atoms with Gasteiger partial charge in [0.25, 0.3) is 0 Å². The van der Waals surface area contributed by atoms with Crippen molar-refractivity contribution in [2.45, 2.75) is 19.3 Å². The fourth-order valence-corrected chi connectivity index (χ4v) is 3.03. The quantitative estimate of drug-likeness (QED) is 0.858. The van der Waals surface area contributed by atoms with E-state index in [-0.39, 0.29) is 12.3 Å². The lowest BCUT2D eigenvalue weighted by Gasteiger charge is -2.31. The van der Waals surface area contributed by atoms with Crippen LogP contribution in [0.25, 0.3) is 0 Å². The van der Waals surface area contributed by atoms with Gasteiger partial charge in [0.1, 0.15) is 17.8 Å². The number of rotatable bonds is 3. The monoisotopic (exact) mass is 299 g/mol. The smallest absolute Gasteiger partial charge is 0.244 e. The van der Waals surface area contributed by atoms with E-state index in [1.165, 1.54) is 0 Å². The summed E-state index contributed by atoms with van der Waals surface area (Å²) in [6.07, 6.45) is 3.57. The van der Waals surface area contributed by atoms with Crippen molar-refractivity contribution in [1.29, 1.82) is 0 Å². The summed E-state index contributed by atoms with van der Waals surface area (Å²) in [5.41, 5.74) is 11.9. The minimum Gasteiger partial charge on any atom is -0.495 e. The van der Waals surface area contributed by atoms with Crippen LogP contribution in [0.15, 0.2) is 47.4 Å². The third-order valence-corrected chi connectivity index (χ3v) is 4.31. The van der Waals surface area contributed by atoms with E-state index in [9.17, 15) is 9.59 Å². The Morgan fingerprint density at radius 1 is 1.36 bits per heavy atom. The van der Waals surface area contributed by atoms with Crippen molar-refractivity contribution in [2.75, 3.05) is 6.61 Å². The minimum absolute atomic E-state index is 0.135. The second-order valence-corrected chi connectivity index (χ2v) is 5.81. The van der Waals surface area contributed by atoms with Gasteiger partial charge >= 0.3 is 0 Å². The van der Waals surface area contributed by atoms with Gasteiger partial charge in [-0.05, 0) is 31.6 Å². The summed E-state index contributed by atoms with van der Waals surface area (Å²) < 4.78 is 5.77. The van der Waals surface area contributed by atoms with Gasteiger partial charge in [-0.15, -0.1) is 0 Å². The van der Waals surface area contributed by atoms with Gasteiger partial charge in [0.05, 0.1) is 11.6 Å². The number of nitrogens with zero attached hydrogens (tertiary/aromatic N) is 1. The summed E-state index contributed by atoms with van der Waals surface area (Å²) in [4.78, 5) is 27.9. The molecular weight excluding hydrogens is 282 g/mol. The number of allylic oxidation sites excluding steroid dienone is 1. The van der Waals surface area contributed by atoms with Gasteiger partial charge in [0.2, 0.25) is 11.8 Å². The van der Waals surface area contributed by atoms with Crippen LogP contribution in [0.1, 0.15) is 25.0 Å².